The van der Waals surface area contributed by atoms with Gasteiger partial charge in [0.2, 0.25) is 0 Å². The van der Waals surface area contributed by atoms with Crippen LogP contribution >= 0.6 is 0 Å². The van der Waals surface area contributed by atoms with Gasteiger partial charge in [0.1, 0.15) is 12.2 Å². The third kappa shape index (κ3) is 6.22. The Kier molecular flexibility index (Phi) is 6.85. The molecule has 0 aliphatic carbocycles. The van der Waals surface area contributed by atoms with Gasteiger partial charge in [-0.15, -0.1) is 0 Å². The fourth-order valence-corrected chi connectivity index (χ4v) is 2.83. The van der Waals surface area contributed by atoms with Crippen LogP contribution in [0.5, 0.6) is 0 Å². The van der Waals surface area contributed by atoms with Crippen molar-refractivity contribution in [1.82, 2.24) is 10.2 Å². The minimum Gasteiger partial charge on any atom is -0.445 e. The minimum absolute atomic E-state index is 0.139. The molecule has 1 aliphatic heterocycles. The average molecular weight is 364 g/mol. The summed E-state index contributed by atoms with van der Waals surface area (Å²) >= 11 is 0. The highest BCUT2D eigenvalue weighted by Gasteiger charge is 2.33. The van der Waals surface area contributed by atoms with E-state index < -0.39 is 17.8 Å². The normalized spacial score (nSPS) is 20.4. The Morgan fingerprint density at radius 3 is 2.54 bits per heavy atom. The maximum absolute atomic E-state index is 12.4. The van der Waals surface area contributed by atoms with Crippen LogP contribution in [0.1, 0.15) is 39.2 Å². The first-order valence-electron chi connectivity index (χ1n) is 8.86. The summed E-state index contributed by atoms with van der Waals surface area (Å²) in [6, 6.07) is 8.85. The van der Waals surface area contributed by atoms with Crippen molar-refractivity contribution in [3.63, 3.8) is 0 Å². The van der Waals surface area contributed by atoms with Crippen molar-refractivity contribution in [3.05, 3.63) is 35.9 Å². The summed E-state index contributed by atoms with van der Waals surface area (Å²) in [7, 11) is 0. The van der Waals surface area contributed by atoms with E-state index in [2.05, 4.69) is 5.32 Å². The molecule has 1 aromatic rings. The number of hydrogen-bond acceptors (Lipinski definition) is 5. The van der Waals surface area contributed by atoms with Gasteiger partial charge in [-0.3, -0.25) is 0 Å². The number of alkyl carbamates (subject to hydrolysis) is 1. The van der Waals surface area contributed by atoms with Gasteiger partial charge in [0.25, 0.3) is 0 Å². The quantitative estimate of drug-likeness (QED) is 0.858. The van der Waals surface area contributed by atoms with Crippen molar-refractivity contribution in [1.29, 1.82) is 0 Å². The molecule has 1 aromatic carbocycles. The van der Waals surface area contributed by atoms with Crippen molar-refractivity contribution < 1.29 is 24.2 Å². The van der Waals surface area contributed by atoms with Crippen LogP contribution in [0.25, 0.3) is 0 Å². The molecule has 1 saturated heterocycles. The van der Waals surface area contributed by atoms with E-state index in [4.69, 9.17) is 9.47 Å². The standard InChI is InChI=1S/C19H28N2O5/c1-19(2,3)26-17(23)20-15-9-10-16(12-22)21(11-15)18(24)25-13-14-7-5-4-6-8-14/h4-8,15-16,22H,9-13H2,1-3H3,(H,20,23)/t15-,16-/m0/s1. The van der Waals surface area contributed by atoms with Crippen LogP contribution in [0, 0.1) is 0 Å². The molecule has 7 nitrogen and oxygen atoms in total. The van der Waals surface area contributed by atoms with Crippen LogP contribution in [0.4, 0.5) is 9.59 Å². The Labute approximate surface area is 154 Å². The Morgan fingerprint density at radius 2 is 1.92 bits per heavy atom. The molecule has 1 fully saturated rings. The predicted molar refractivity (Wildman–Crippen MR) is 96.6 cm³/mol. The molecule has 2 N–H and O–H groups in total. The first kappa shape index (κ1) is 20.0. The molecule has 0 bridgehead atoms. The number of aliphatic hydroxyl groups excluding tert-OH is 1. The number of likely N-dealkylation sites (tertiary alicyclic amines) is 1. The van der Waals surface area contributed by atoms with Gasteiger partial charge in [0.05, 0.1) is 12.6 Å². The Morgan fingerprint density at radius 1 is 1.23 bits per heavy atom. The minimum atomic E-state index is -0.583. The predicted octanol–water partition coefficient (Wildman–Crippen LogP) is 2.67. The lowest BCUT2D eigenvalue weighted by atomic mass is 9.99. The number of carbonyl (C=O) groups excluding carboxylic acids is 2. The van der Waals surface area contributed by atoms with E-state index in [1.165, 1.54) is 4.90 Å². The zero-order valence-corrected chi connectivity index (χ0v) is 15.6. The fraction of sp³-hybridized carbons (Fsp3) is 0.579. The van der Waals surface area contributed by atoms with Crippen molar-refractivity contribution in [2.45, 2.75) is 57.9 Å². The molecule has 1 heterocycles. The smallest absolute Gasteiger partial charge is 0.410 e. The summed E-state index contributed by atoms with van der Waals surface area (Å²) in [5.74, 6) is 0. The molecule has 7 heteroatoms. The summed E-state index contributed by atoms with van der Waals surface area (Å²) in [6.07, 6.45) is 0.232. The lowest BCUT2D eigenvalue weighted by Crippen LogP contribution is -2.55. The van der Waals surface area contributed by atoms with Crippen LogP contribution in [0.15, 0.2) is 30.3 Å². The van der Waals surface area contributed by atoms with Crippen LogP contribution in [0.2, 0.25) is 0 Å². The van der Waals surface area contributed by atoms with Gasteiger partial charge >= 0.3 is 12.2 Å². The number of carbonyl (C=O) groups is 2. The Balaban J connectivity index is 1.91. The summed E-state index contributed by atoms with van der Waals surface area (Å²) in [5, 5.41) is 12.3. The highest BCUT2D eigenvalue weighted by Crippen LogP contribution is 2.19. The highest BCUT2D eigenvalue weighted by atomic mass is 16.6. The zero-order chi connectivity index (χ0) is 19.2. The highest BCUT2D eigenvalue weighted by molar-refractivity contribution is 5.70. The molecule has 2 rings (SSSR count). The molecule has 0 spiro atoms. The molecule has 26 heavy (non-hydrogen) atoms. The Hall–Kier alpha value is -2.28. The molecular weight excluding hydrogens is 336 g/mol. The molecule has 0 unspecified atom stereocenters. The lowest BCUT2D eigenvalue weighted by Gasteiger charge is -2.38. The van der Waals surface area contributed by atoms with Gasteiger partial charge in [-0.1, -0.05) is 30.3 Å². The number of hydrogen-bond donors (Lipinski definition) is 2. The van der Waals surface area contributed by atoms with Crippen molar-refractivity contribution in [3.8, 4) is 0 Å². The SMILES string of the molecule is CC(C)(C)OC(=O)N[C@H]1CC[C@@H](CO)N(C(=O)OCc2ccccc2)C1. The molecule has 1 aliphatic rings. The van der Waals surface area contributed by atoms with Gasteiger partial charge in [-0.2, -0.15) is 0 Å². The zero-order valence-electron chi connectivity index (χ0n) is 15.6. The van der Waals surface area contributed by atoms with E-state index in [9.17, 15) is 14.7 Å². The van der Waals surface area contributed by atoms with Gasteiger partial charge in [-0.25, -0.2) is 9.59 Å². The van der Waals surface area contributed by atoms with Crippen molar-refractivity contribution in [2.75, 3.05) is 13.2 Å². The summed E-state index contributed by atoms with van der Waals surface area (Å²) in [6.45, 7) is 5.68. The number of benzene rings is 1. The maximum atomic E-state index is 12.4. The second kappa shape index (κ2) is 8.89. The second-order valence-corrected chi connectivity index (χ2v) is 7.45. The average Bonchev–Trinajstić information content (AvgIpc) is 2.58. The monoisotopic (exact) mass is 364 g/mol. The lowest BCUT2D eigenvalue weighted by molar-refractivity contribution is 0.0302. The van der Waals surface area contributed by atoms with Crippen LogP contribution in [0.3, 0.4) is 0 Å². The summed E-state index contributed by atoms with van der Waals surface area (Å²) < 4.78 is 10.6. The van der Waals surface area contributed by atoms with E-state index in [1.54, 1.807) is 20.8 Å². The number of amides is 2. The van der Waals surface area contributed by atoms with E-state index in [0.29, 0.717) is 12.8 Å². The molecule has 0 radical (unpaired) electrons. The molecule has 2 amide bonds. The number of ether oxygens (including phenoxy) is 2. The van der Waals surface area contributed by atoms with Gasteiger partial charge < -0.3 is 24.8 Å². The van der Waals surface area contributed by atoms with Gasteiger partial charge in [0, 0.05) is 12.6 Å². The Bertz CT molecular complexity index is 600. The van der Waals surface area contributed by atoms with E-state index >= 15 is 0 Å². The second-order valence-electron chi connectivity index (χ2n) is 7.45. The van der Waals surface area contributed by atoms with Crippen molar-refractivity contribution in [2.24, 2.45) is 0 Å². The third-order valence-electron chi connectivity index (χ3n) is 4.08. The topological polar surface area (TPSA) is 88.1 Å². The summed E-state index contributed by atoms with van der Waals surface area (Å²) in [4.78, 5) is 25.9. The fourth-order valence-electron chi connectivity index (χ4n) is 2.83. The number of aliphatic hydroxyl groups is 1. The van der Waals surface area contributed by atoms with Gasteiger partial charge in [-0.05, 0) is 39.2 Å². The molecular formula is C19H28N2O5. The number of nitrogens with zero attached hydrogens (tertiary/aromatic N) is 1. The largest absolute Gasteiger partial charge is 0.445 e. The van der Waals surface area contributed by atoms with Crippen LogP contribution < -0.4 is 5.32 Å². The molecule has 2 atom stereocenters. The molecule has 0 aromatic heterocycles. The van der Waals surface area contributed by atoms with Crippen LogP contribution in [-0.4, -0.2) is 53.0 Å². The molecule has 144 valence electrons. The first-order valence-corrected chi connectivity index (χ1v) is 8.86. The number of nitrogens with one attached hydrogen (secondary N) is 1. The molecule has 0 saturated carbocycles. The van der Waals surface area contributed by atoms with Gasteiger partial charge in [0.15, 0.2) is 0 Å². The number of rotatable bonds is 4. The first-order chi connectivity index (χ1) is 12.3. The third-order valence-corrected chi connectivity index (χ3v) is 4.08. The van der Waals surface area contributed by atoms with E-state index in [0.717, 1.165) is 5.56 Å². The van der Waals surface area contributed by atoms with Crippen LogP contribution in [-0.2, 0) is 16.1 Å². The van der Waals surface area contributed by atoms with Crippen molar-refractivity contribution >= 4 is 12.2 Å². The maximum Gasteiger partial charge on any atom is 0.410 e. The van der Waals surface area contributed by atoms with E-state index in [1.807, 2.05) is 30.3 Å². The summed E-state index contributed by atoms with van der Waals surface area (Å²) in [5.41, 5.74) is 0.308. The number of piperidine rings is 1. The van der Waals surface area contributed by atoms with E-state index in [-0.39, 0.29) is 31.8 Å².